The summed E-state index contributed by atoms with van der Waals surface area (Å²) in [6.07, 6.45) is 2.89. The molecule has 0 spiro atoms. The van der Waals surface area contributed by atoms with Crippen LogP contribution >= 0.6 is 0 Å². The van der Waals surface area contributed by atoms with Crippen molar-refractivity contribution in [2.75, 3.05) is 19.4 Å². The highest BCUT2D eigenvalue weighted by Crippen LogP contribution is 2.18. The largest absolute Gasteiger partial charge is 0.437 e. The van der Waals surface area contributed by atoms with Crippen molar-refractivity contribution in [2.45, 2.75) is 25.7 Å². The summed E-state index contributed by atoms with van der Waals surface area (Å²) in [7, 11) is -3.91. The van der Waals surface area contributed by atoms with Gasteiger partial charge in [0.15, 0.2) is 0 Å². The molecule has 0 radical (unpaired) electrons. The Labute approximate surface area is 85.3 Å². The average Bonchev–Trinajstić information content (AvgIpc) is 2.46. The summed E-state index contributed by atoms with van der Waals surface area (Å²) in [6, 6.07) is 0.0183. The summed E-state index contributed by atoms with van der Waals surface area (Å²) in [5.74, 6) is 0. The van der Waals surface area contributed by atoms with E-state index in [0.717, 1.165) is 25.6 Å². The predicted octanol–water partition coefficient (Wildman–Crippen LogP) is -0.463. The summed E-state index contributed by atoms with van der Waals surface area (Å²) in [6.45, 7) is 2.62. The van der Waals surface area contributed by atoms with Crippen LogP contribution in [0.25, 0.3) is 0 Å². The van der Waals surface area contributed by atoms with Gasteiger partial charge in [-0.15, -0.1) is 0 Å². The van der Waals surface area contributed by atoms with E-state index in [0.29, 0.717) is 0 Å². The molecule has 0 saturated carbocycles. The molecule has 0 amide bonds. The van der Waals surface area contributed by atoms with Crippen LogP contribution in [0.1, 0.15) is 12.8 Å². The zero-order valence-corrected chi connectivity index (χ0v) is 9.33. The lowest BCUT2D eigenvalue weighted by atomic mass is 9.84. The van der Waals surface area contributed by atoms with E-state index in [9.17, 15) is 13.4 Å². The third-order valence-electron chi connectivity index (χ3n) is 2.38. The number of nitrogens with zero attached hydrogens (tertiary/aromatic N) is 1. The molecular weight excluding hydrogens is 205 g/mol. The van der Waals surface area contributed by atoms with Crippen molar-refractivity contribution in [2.24, 2.45) is 0 Å². The van der Waals surface area contributed by atoms with Gasteiger partial charge < -0.3 is 9.83 Å². The highest BCUT2D eigenvalue weighted by molar-refractivity contribution is 7.85. The van der Waals surface area contributed by atoms with Gasteiger partial charge in [-0.1, -0.05) is 0 Å². The monoisotopic (exact) mass is 221 g/mol. The second-order valence-electron chi connectivity index (χ2n) is 3.65. The summed E-state index contributed by atoms with van der Waals surface area (Å²) in [5, 5.41) is 9.37. The van der Waals surface area contributed by atoms with Crippen LogP contribution < -0.4 is 0 Å². The first-order valence-electron chi connectivity index (χ1n) is 4.68. The minimum atomic E-state index is -3.37. The molecule has 1 fully saturated rings. The van der Waals surface area contributed by atoms with Crippen molar-refractivity contribution < 1.29 is 17.6 Å². The summed E-state index contributed by atoms with van der Waals surface area (Å²) >= 11 is 0. The maximum absolute atomic E-state index is 10.8. The maximum atomic E-state index is 10.8. The van der Waals surface area contributed by atoms with Gasteiger partial charge in [-0.3, -0.25) is 4.18 Å². The fourth-order valence-corrected chi connectivity index (χ4v) is 2.14. The molecule has 5 nitrogen and oxygen atoms in total. The Morgan fingerprint density at radius 1 is 1.64 bits per heavy atom. The van der Waals surface area contributed by atoms with Crippen molar-refractivity contribution in [1.29, 1.82) is 0 Å². The highest BCUT2D eigenvalue weighted by atomic mass is 32.2. The van der Waals surface area contributed by atoms with Crippen molar-refractivity contribution >= 4 is 17.2 Å². The molecule has 14 heavy (non-hydrogen) atoms. The highest BCUT2D eigenvalue weighted by Gasteiger charge is 2.30. The zero-order chi connectivity index (χ0) is 10.8. The van der Waals surface area contributed by atoms with E-state index in [1.165, 1.54) is 0 Å². The molecule has 82 valence electrons. The van der Waals surface area contributed by atoms with Gasteiger partial charge in [0.05, 0.1) is 12.9 Å². The predicted molar refractivity (Wildman–Crippen MR) is 54.4 cm³/mol. The molecule has 0 aromatic rings. The first-order chi connectivity index (χ1) is 6.40. The van der Waals surface area contributed by atoms with Gasteiger partial charge in [-0.25, -0.2) is 0 Å². The van der Waals surface area contributed by atoms with E-state index in [-0.39, 0.29) is 12.6 Å². The first-order valence-corrected chi connectivity index (χ1v) is 6.50. The van der Waals surface area contributed by atoms with Crippen LogP contribution in [0.15, 0.2) is 0 Å². The lowest BCUT2D eigenvalue weighted by molar-refractivity contribution is 0.225. The van der Waals surface area contributed by atoms with Crippen molar-refractivity contribution in [3.05, 3.63) is 0 Å². The SMILES string of the molecule is CB(O)N1CCC[C@H]1COS(C)(=O)=O. The molecule has 0 aliphatic carbocycles. The molecule has 1 N–H and O–H groups in total. The number of hydrogen-bond acceptors (Lipinski definition) is 5. The number of rotatable bonds is 4. The van der Waals surface area contributed by atoms with Crippen LogP contribution in [-0.4, -0.2) is 50.8 Å². The second kappa shape index (κ2) is 4.61. The lowest BCUT2D eigenvalue weighted by Crippen LogP contribution is -2.43. The van der Waals surface area contributed by atoms with Gasteiger partial charge in [0, 0.05) is 6.04 Å². The third-order valence-corrected chi connectivity index (χ3v) is 2.94. The van der Waals surface area contributed by atoms with Crippen LogP contribution in [0, 0.1) is 0 Å². The number of hydrogen-bond donors (Lipinski definition) is 1. The van der Waals surface area contributed by atoms with Crippen molar-refractivity contribution in [1.82, 2.24) is 4.81 Å². The summed E-state index contributed by atoms with van der Waals surface area (Å²) < 4.78 is 26.2. The molecule has 7 heteroatoms. The maximum Gasteiger partial charge on any atom is 0.376 e. The smallest absolute Gasteiger partial charge is 0.376 e. The van der Waals surface area contributed by atoms with E-state index < -0.39 is 17.2 Å². The summed E-state index contributed by atoms with van der Waals surface area (Å²) in [4.78, 5) is 1.85. The molecule has 0 bridgehead atoms. The van der Waals surface area contributed by atoms with Crippen LogP contribution in [0.3, 0.4) is 0 Å². The van der Waals surface area contributed by atoms with Crippen LogP contribution in [0.4, 0.5) is 0 Å². The van der Waals surface area contributed by atoms with Crippen LogP contribution in [0.5, 0.6) is 0 Å². The van der Waals surface area contributed by atoms with Crippen LogP contribution in [0.2, 0.25) is 6.82 Å². The minimum Gasteiger partial charge on any atom is -0.437 e. The Morgan fingerprint density at radius 3 is 2.79 bits per heavy atom. The van der Waals surface area contributed by atoms with E-state index in [2.05, 4.69) is 0 Å². The topological polar surface area (TPSA) is 66.8 Å². The fraction of sp³-hybridized carbons (Fsp3) is 1.00. The molecule has 1 aliphatic heterocycles. The third kappa shape index (κ3) is 3.57. The molecule has 1 aliphatic rings. The minimum absolute atomic E-state index is 0.0183. The molecule has 1 atom stereocenters. The van der Waals surface area contributed by atoms with E-state index >= 15 is 0 Å². The molecule has 0 aromatic heterocycles. The van der Waals surface area contributed by atoms with E-state index in [4.69, 9.17) is 4.18 Å². The lowest BCUT2D eigenvalue weighted by Gasteiger charge is -2.24. The van der Waals surface area contributed by atoms with E-state index in [1.54, 1.807) is 6.82 Å². The van der Waals surface area contributed by atoms with Crippen molar-refractivity contribution in [3.63, 3.8) is 0 Å². The molecule has 1 rings (SSSR count). The average molecular weight is 221 g/mol. The normalized spacial score (nSPS) is 24.1. The zero-order valence-electron chi connectivity index (χ0n) is 8.51. The fourth-order valence-electron chi connectivity index (χ4n) is 1.73. The Morgan fingerprint density at radius 2 is 2.29 bits per heavy atom. The summed E-state index contributed by atoms with van der Waals surface area (Å²) in [5.41, 5.74) is 0. The van der Waals surface area contributed by atoms with Gasteiger partial charge in [0.2, 0.25) is 0 Å². The molecular formula is C7H16BNO4S. The second-order valence-corrected chi connectivity index (χ2v) is 5.30. The Kier molecular flexibility index (Phi) is 3.94. The Balaban J connectivity index is 2.44. The molecule has 0 unspecified atom stereocenters. The van der Waals surface area contributed by atoms with Gasteiger partial charge in [-0.2, -0.15) is 8.42 Å². The first kappa shape index (κ1) is 12.0. The van der Waals surface area contributed by atoms with Gasteiger partial charge in [0.1, 0.15) is 0 Å². The molecule has 1 saturated heterocycles. The van der Waals surface area contributed by atoms with Gasteiger partial charge in [-0.05, 0) is 26.2 Å². The Bertz CT molecular complexity index is 279. The van der Waals surface area contributed by atoms with E-state index in [1.807, 2.05) is 4.81 Å². The van der Waals surface area contributed by atoms with Gasteiger partial charge in [0.25, 0.3) is 10.1 Å². The molecule has 0 aromatic carbocycles. The van der Waals surface area contributed by atoms with Crippen LogP contribution in [-0.2, 0) is 14.3 Å². The standard InChI is InChI=1S/C7H16BNO4S/c1-8(10)9-5-3-4-7(9)6-13-14(2,11)12/h7,10H,3-6H2,1-2H3/t7-/m0/s1. The van der Waals surface area contributed by atoms with Gasteiger partial charge >= 0.3 is 7.05 Å². The van der Waals surface area contributed by atoms with Crippen molar-refractivity contribution in [3.8, 4) is 0 Å². The Hall–Kier alpha value is -0.105. The quantitative estimate of drug-likeness (QED) is 0.513. The molecule has 1 heterocycles.